The summed E-state index contributed by atoms with van der Waals surface area (Å²) < 4.78 is 7.12. The Hall–Kier alpha value is -1.86. The molecule has 1 unspecified atom stereocenters. The molecule has 2 aromatic rings. The van der Waals surface area contributed by atoms with Gasteiger partial charge >= 0.3 is 6.09 Å². The van der Waals surface area contributed by atoms with Crippen LogP contribution in [0.15, 0.2) is 45.3 Å². The highest BCUT2D eigenvalue weighted by atomic mass is 79.9. The standard InChI is InChI=1S/C22H26Br2N2O3/c1-13-6-7-15(12-25-21(28)29-22(3,4)5)8-19(13)20(27)26-14(2)16-9-17(23)11-18(24)10-16/h6-11,14H,12H2,1-5H3,(H,25,28)(H,26,27). The molecule has 2 rings (SSSR count). The summed E-state index contributed by atoms with van der Waals surface area (Å²) in [5, 5.41) is 5.76. The van der Waals surface area contributed by atoms with E-state index in [1.54, 1.807) is 6.07 Å². The molecule has 7 heteroatoms. The lowest BCUT2D eigenvalue weighted by Crippen LogP contribution is -2.32. The monoisotopic (exact) mass is 524 g/mol. The molecule has 5 nitrogen and oxygen atoms in total. The third-order valence-electron chi connectivity index (χ3n) is 4.11. The molecule has 0 fully saturated rings. The fourth-order valence-corrected chi connectivity index (χ4v) is 4.02. The van der Waals surface area contributed by atoms with Crippen molar-refractivity contribution in [2.45, 2.75) is 52.8 Å². The third kappa shape index (κ3) is 7.48. The Morgan fingerprint density at radius 2 is 1.69 bits per heavy atom. The van der Waals surface area contributed by atoms with E-state index in [-0.39, 0.29) is 18.5 Å². The molecule has 0 aliphatic rings. The highest BCUT2D eigenvalue weighted by Gasteiger charge is 2.17. The summed E-state index contributed by atoms with van der Waals surface area (Å²) in [4.78, 5) is 24.7. The summed E-state index contributed by atoms with van der Waals surface area (Å²) in [7, 11) is 0. The maximum absolute atomic E-state index is 12.9. The van der Waals surface area contributed by atoms with Crippen LogP contribution in [0.2, 0.25) is 0 Å². The second-order valence-electron chi connectivity index (χ2n) is 7.90. The minimum absolute atomic E-state index is 0.162. The second-order valence-corrected chi connectivity index (χ2v) is 9.73. The molecule has 2 N–H and O–H groups in total. The van der Waals surface area contributed by atoms with Gasteiger partial charge in [-0.25, -0.2) is 4.79 Å². The summed E-state index contributed by atoms with van der Waals surface area (Å²) >= 11 is 6.95. The number of nitrogens with one attached hydrogen (secondary N) is 2. The summed E-state index contributed by atoms with van der Waals surface area (Å²) in [6.45, 7) is 9.54. The molecule has 156 valence electrons. The van der Waals surface area contributed by atoms with Crippen LogP contribution in [0.5, 0.6) is 0 Å². The molecule has 0 heterocycles. The van der Waals surface area contributed by atoms with Crippen LogP contribution in [0, 0.1) is 6.92 Å². The van der Waals surface area contributed by atoms with Crippen LogP contribution in [0.25, 0.3) is 0 Å². The van der Waals surface area contributed by atoms with Gasteiger partial charge in [-0.2, -0.15) is 0 Å². The molecular formula is C22H26Br2N2O3. The minimum Gasteiger partial charge on any atom is -0.444 e. The second kappa shape index (κ2) is 9.76. The minimum atomic E-state index is -0.556. The number of alkyl carbamates (subject to hydrolysis) is 1. The number of ether oxygens (including phenoxy) is 1. The van der Waals surface area contributed by atoms with E-state index >= 15 is 0 Å². The van der Waals surface area contributed by atoms with Gasteiger partial charge in [0.2, 0.25) is 0 Å². The number of benzene rings is 2. The zero-order valence-electron chi connectivity index (χ0n) is 17.2. The summed E-state index contributed by atoms with van der Waals surface area (Å²) in [6, 6.07) is 11.3. The first-order valence-electron chi connectivity index (χ1n) is 9.28. The predicted molar refractivity (Wildman–Crippen MR) is 122 cm³/mol. The molecule has 29 heavy (non-hydrogen) atoms. The Kier molecular flexibility index (Phi) is 7.88. The molecule has 0 aliphatic heterocycles. The lowest BCUT2D eigenvalue weighted by molar-refractivity contribution is 0.0523. The maximum Gasteiger partial charge on any atom is 0.407 e. The van der Waals surface area contributed by atoms with E-state index in [9.17, 15) is 9.59 Å². The summed E-state index contributed by atoms with van der Waals surface area (Å²) in [5.41, 5.74) is 2.70. The molecular weight excluding hydrogens is 500 g/mol. The Bertz CT molecular complexity index is 887. The van der Waals surface area contributed by atoms with Crippen molar-refractivity contribution in [3.63, 3.8) is 0 Å². The van der Waals surface area contributed by atoms with Crippen LogP contribution in [0.3, 0.4) is 0 Å². The van der Waals surface area contributed by atoms with E-state index in [1.807, 2.05) is 65.0 Å². The zero-order valence-corrected chi connectivity index (χ0v) is 20.4. The first kappa shape index (κ1) is 23.4. The van der Waals surface area contributed by atoms with Gasteiger partial charge in [-0.05, 0) is 75.6 Å². The molecule has 1 atom stereocenters. The van der Waals surface area contributed by atoms with Crippen LogP contribution >= 0.6 is 31.9 Å². The molecule has 0 saturated carbocycles. The fraction of sp³-hybridized carbons (Fsp3) is 0.364. The van der Waals surface area contributed by atoms with Gasteiger partial charge in [0.1, 0.15) is 5.60 Å². The van der Waals surface area contributed by atoms with Crippen molar-refractivity contribution in [2.24, 2.45) is 0 Å². The molecule has 0 aromatic heterocycles. The Morgan fingerprint density at radius 3 is 2.28 bits per heavy atom. The van der Waals surface area contributed by atoms with Crippen LogP contribution in [0.4, 0.5) is 4.79 Å². The van der Waals surface area contributed by atoms with Crippen molar-refractivity contribution in [2.75, 3.05) is 0 Å². The third-order valence-corrected chi connectivity index (χ3v) is 5.03. The highest BCUT2D eigenvalue weighted by Crippen LogP contribution is 2.24. The highest BCUT2D eigenvalue weighted by molar-refractivity contribution is 9.11. The van der Waals surface area contributed by atoms with E-state index in [1.165, 1.54) is 0 Å². The first-order valence-corrected chi connectivity index (χ1v) is 10.9. The largest absolute Gasteiger partial charge is 0.444 e. The molecule has 2 aromatic carbocycles. The number of carbonyl (C=O) groups is 2. The van der Waals surface area contributed by atoms with Crippen molar-refractivity contribution in [3.8, 4) is 0 Å². The lowest BCUT2D eigenvalue weighted by atomic mass is 10.0. The average Bonchev–Trinajstić information content (AvgIpc) is 2.58. The number of rotatable bonds is 5. The first-order chi connectivity index (χ1) is 13.4. The van der Waals surface area contributed by atoms with Gasteiger partial charge in [0, 0.05) is 21.1 Å². The summed E-state index contributed by atoms with van der Waals surface area (Å²) in [6.07, 6.45) is -0.488. The Labute approximate surface area is 188 Å². The van der Waals surface area contributed by atoms with Crippen LogP contribution in [0.1, 0.15) is 60.8 Å². The maximum atomic E-state index is 12.9. The van der Waals surface area contributed by atoms with Crippen molar-refractivity contribution < 1.29 is 14.3 Å². The Morgan fingerprint density at radius 1 is 1.07 bits per heavy atom. The normalized spacial score (nSPS) is 12.2. The van der Waals surface area contributed by atoms with Crippen molar-refractivity contribution in [3.05, 3.63) is 67.6 Å². The molecule has 0 spiro atoms. The molecule has 0 aliphatic carbocycles. The molecule has 2 amide bonds. The van der Waals surface area contributed by atoms with E-state index < -0.39 is 11.7 Å². The van der Waals surface area contributed by atoms with Gasteiger partial charge in [0.25, 0.3) is 5.91 Å². The number of carbonyl (C=O) groups excluding carboxylic acids is 2. The van der Waals surface area contributed by atoms with Gasteiger partial charge in [0.05, 0.1) is 6.04 Å². The van der Waals surface area contributed by atoms with Gasteiger partial charge in [-0.3, -0.25) is 4.79 Å². The van der Waals surface area contributed by atoms with E-state index in [4.69, 9.17) is 4.74 Å². The van der Waals surface area contributed by atoms with Crippen molar-refractivity contribution >= 4 is 43.9 Å². The van der Waals surface area contributed by atoms with Gasteiger partial charge in [-0.15, -0.1) is 0 Å². The quantitative estimate of drug-likeness (QED) is 0.500. The van der Waals surface area contributed by atoms with Crippen LogP contribution < -0.4 is 10.6 Å². The van der Waals surface area contributed by atoms with E-state index in [0.29, 0.717) is 5.56 Å². The number of hydrogen-bond acceptors (Lipinski definition) is 3. The topological polar surface area (TPSA) is 67.4 Å². The van der Waals surface area contributed by atoms with Crippen LogP contribution in [-0.4, -0.2) is 17.6 Å². The van der Waals surface area contributed by atoms with Gasteiger partial charge in [-0.1, -0.05) is 44.0 Å². The summed E-state index contributed by atoms with van der Waals surface area (Å²) in [5.74, 6) is -0.162. The van der Waals surface area contributed by atoms with E-state index in [2.05, 4.69) is 42.5 Å². The Balaban J connectivity index is 2.08. The molecule has 0 bridgehead atoms. The lowest BCUT2D eigenvalue weighted by Gasteiger charge is -2.20. The fourth-order valence-electron chi connectivity index (χ4n) is 2.70. The number of amides is 2. The van der Waals surface area contributed by atoms with Gasteiger partial charge in [0.15, 0.2) is 0 Å². The van der Waals surface area contributed by atoms with Gasteiger partial charge < -0.3 is 15.4 Å². The van der Waals surface area contributed by atoms with Crippen molar-refractivity contribution in [1.29, 1.82) is 0 Å². The molecule has 0 radical (unpaired) electrons. The SMILES string of the molecule is Cc1ccc(CNC(=O)OC(C)(C)C)cc1C(=O)NC(C)c1cc(Br)cc(Br)c1. The predicted octanol–water partition coefficient (Wildman–Crippen LogP) is 6.04. The number of hydrogen-bond donors (Lipinski definition) is 2. The smallest absolute Gasteiger partial charge is 0.407 e. The zero-order chi connectivity index (χ0) is 21.8. The van der Waals surface area contributed by atoms with E-state index in [0.717, 1.165) is 25.6 Å². The molecule has 0 saturated heterocycles. The average molecular weight is 526 g/mol. The van der Waals surface area contributed by atoms with Crippen LogP contribution in [-0.2, 0) is 11.3 Å². The van der Waals surface area contributed by atoms with Crippen molar-refractivity contribution in [1.82, 2.24) is 10.6 Å². The number of halogens is 2. The number of aryl methyl sites for hydroxylation is 1.